The number of carbonyl (C=O) groups is 8. The van der Waals surface area contributed by atoms with E-state index in [2.05, 4.69) is 0 Å². The summed E-state index contributed by atoms with van der Waals surface area (Å²) >= 11 is 0. The van der Waals surface area contributed by atoms with Crippen LogP contribution in [0, 0.1) is 0 Å². The monoisotopic (exact) mass is 1230 g/mol. The maximum absolute atomic E-state index is 10.5. The molecule has 0 unspecified atom stereocenters. The first-order valence-corrected chi connectivity index (χ1v) is 22.4. The van der Waals surface area contributed by atoms with E-state index in [9.17, 15) is 38.4 Å². The topological polar surface area (TPSA) is 804 Å². The molecule has 0 aromatic rings. The highest BCUT2D eigenvalue weighted by Gasteiger charge is 2.32. The molecule has 41 nitrogen and oxygen atoms in total. The molecule has 82 heavy (non-hydrogen) atoms. The van der Waals surface area contributed by atoms with Crippen molar-refractivity contribution in [3.63, 3.8) is 0 Å². The summed E-state index contributed by atoms with van der Waals surface area (Å²) < 4.78 is 0. The SMILES string of the molecule is CC(=O)C(O)O.O=C(CO)[C@@H](O)[C@@H](O)[C@H](O)CO.O=C(CO)[C@@H](O)[C@H](O)CO.O=C(CO)[C@@H](O)[C@H](O)[C@H](O)CO.O=C(CO)[C@H](O)CO.O=C(CO)[C@H](O)[C@@H](O)[C@H](O)CO.O=C(CO)[C@H](O)[C@H](O)CO.O=C(CO)[C@H](O)[C@H](O)[C@H](O)CO. The highest BCUT2D eigenvalue weighted by molar-refractivity contribution is 5.86. The third kappa shape index (κ3) is 46.4. The molecule has 0 aliphatic rings. The van der Waals surface area contributed by atoms with Crippen molar-refractivity contribution in [2.45, 2.75) is 117 Å². The van der Waals surface area contributed by atoms with Crippen LogP contribution in [0.3, 0.4) is 0 Å². The standard InChI is InChI=1S/4C6H12O6.2C5H10O5.C4H8O4.C3H6O3/c4*7-1-3(9)5(11)6(12)4(10)2-8;2*6-1-3(8)5(10)4(9)2-7;5-1-3(7)4(8)2-6;1-2(4)3(5)6/h4*3,5-9,11-12H,1-2H2;2*3,5-8,10H,1-2H2;3,5-7H,1-2H2;3,5-6H,1H3/t3-,5+,6+;3-,5+,6-;3-,5-,6+;3-,5-,6-;3-,5+;3-,5-;3-;/m1111111./s1. The van der Waals surface area contributed by atoms with Gasteiger partial charge in [0.15, 0.2) is 46.3 Å². The molecule has 0 fully saturated rings. The fourth-order valence-electron chi connectivity index (χ4n) is 3.43. The zero-order valence-corrected chi connectivity index (χ0v) is 43.3. The molecule has 0 saturated carbocycles. The average molecular weight is 1230 g/mol. The molecular formula is C41H82O41. The van der Waals surface area contributed by atoms with Crippen molar-refractivity contribution in [3.05, 3.63) is 0 Å². The first-order valence-electron chi connectivity index (χ1n) is 22.4. The van der Waals surface area contributed by atoms with Crippen molar-refractivity contribution < 1.29 is 207 Å². The fourth-order valence-corrected chi connectivity index (χ4v) is 3.43. The van der Waals surface area contributed by atoms with Crippen molar-refractivity contribution in [2.24, 2.45) is 0 Å². The quantitative estimate of drug-likeness (QED) is 0.0278. The van der Waals surface area contributed by atoms with Crippen LogP contribution in [-0.4, -0.2) is 417 Å². The molecule has 0 aromatic carbocycles. The molecule has 41 heteroatoms. The lowest BCUT2D eigenvalue weighted by molar-refractivity contribution is -0.143. The number of aliphatic hydroxyl groups excluding tert-OH is 32. The summed E-state index contributed by atoms with van der Waals surface area (Å²) in [7, 11) is 0. The highest BCUT2D eigenvalue weighted by atomic mass is 16.5. The van der Waals surface area contributed by atoms with Crippen molar-refractivity contribution in [1.82, 2.24) is 0 Å². The second kappa shape index (κ2) is 57.5. The van der Waals surface area contributed by atoms with Crippen molar-refractivity contribution in [3.8, 4) is 0 Å². The number of hydrogen-bond donors (Lipinski definition) is 33. The lowest BCUT2D eigenvalue weighted by Gasteiger charge is -2.19. The molecule has 0 radical (unpaired) electrons. The van der Waals surface area contributed by atoms with Crippen LogP contribution in [0.4, 0.5) is 0 Å². The Morgan fingerprint density at radius 1 is 0.232 bits per heavy atom. The van der Waals surface area contributed by atoms with E-state index in [0.29, 0.717) is 0 Å². The Morgan fingerprint density at radius 3 is 0.476 bits per heavy atom. The number of ketones is 8. The summed E-state index contributed by atoms with van der Waals surface area (Å²) in [5, 5.41) is 280. The van der Waals surface area contributed by atoms with Crippen molar-refractivity contribution in [2.75, 3.05) is 92.5 Å². The van der Waals surface area contributed by atoms with Gasteiger partial charge in [-0.1, -0.05) is 0 Å². The first kappa shape index (κ1) is 94.4. The van der Waals surface area contributed by atoms with Crippen LogP contribution >= 0.6 is 0 Å². The summed E-state index contributed by atoms with van der Waals surface area (Å²) in [5.41, 5.74) is 0. The minimum atomic E-state index is -1.86. The lowest BCUT2D eigenvalue weighted by Crippen LogP contribution is -2.44. The van der Waals surface area contributed by atoms with E-state index < -0.39 is 249 Å². The Hall–Kier alpha value is -3.96. The van der Waals surface area contributed by atoms with E-state index >= 15 is 0 Å². The predicted octanol–water partition coefficient (Wildman–Crippen LogP) is -22.2. The van der Waals surface area contributed by atoms with E-state index in [1.165, 1.54) is 0 Å². The van der Waals surface area contributed by atoms with E-state index in [4.69, 9.17) is 169 Å². The van der Waals surface area contributed by atoms with Gasteiger partial charge in [-0.3, -0.25) is 38.4 Å². The maximum atomic E-state index is 10.5. The average Bonchev–Trinajstić information content (AvgIpc) is 3.50. The molecule has 33 N–H and O–H groups in total. The van der Waals surface area contributed by atoms with Crippen LogP contribution in [0.1, 0.15) is 6.92 Å². The zero-order chi connectivity index (χ0) is 66.9. The summed E-state index contributed by atoms with van der Waals surface area (Å²) in [5.74, 6) is -7.21. The number of hydrogen-bond acceptors (Lipinski definition) is 41. The molecule has 0 bridgehead atoms. The smallest absolute Gasteiger partial charge is 0.212 e. The molecule has 17 atom stereocenters. The molecule has 0 saturated heterocycles. The molecule has 0 aliphatic carbocycles. The van der Waals surface area contributed by atoms with Gasteiger partial charge in [0.25, 0.3) is 0 Å². The van der Waals surface area contributed by atoms with Crippen LogP contribution in [0.2, 0.25) is 0 Å². The highest BCUT2D eigenvalue weighted by Crippen LogP contribution is 2.04. The summed E-state index contributed by atoms with van der Waals surface area (Å²) in [6.45, 7) is -10.1. The van der Waals surface area contributed by atoms with Gasteiger partial charge in [0.1, 0.15) is 150 Å². The van der Waals surface area contributed by atoms with Crippen molar-refractivity contribution >= 4 is 46.3 Å². The molecule has 0 aliphatic heterocycles. The van der Waals surface area contributed by atoms with Crippen LogP contribution in [0.25, 0.3) is 0 Å². The van der Waals surface area contributed by atoms with Gasteiger partial charge in [-0.05, 0) is 6.92 Å². The Morgan fingerprint density at radius 2 is 0.378 bits per heavy atom. The maximum Gasteiger partial charge on any atom is 0.212 e. The molecule has 492 valence electrons. The Balaban J connectivity index is -0.000000128. The predicted molar refractivity (Wildman–Crippen MR) is 255 cm³/mol. The molecular weight excluding hydrogens is 1150 g/mol. The van der Waals surface area contributed by atoms with Gasteiger partial charge in [-0.15, -0.1) is 0 Å². The Bertz CT molecular complexity index is 1480. The van der Waals surface area contributed by atoms with Crippen LogP contribution in [-0.2, 0) is 38.4 Å². The fraction of sp³-hybridized carbons (Fsp3) is 0.805. The number of aliphatic hydroxyl groups is 33. The van der Waals surface area contributed by atoms with Crippen LogP contribution < -0.4 is 0 Å². The first-order chi connectivity index (χ1) is 37.8. The number of carbonyl (C=O) groups excluding carboxylic acids is 8. The lowest BCUT2D eigenvalue weighted by atomic mass is 10.1. The third-order valence-electron chi connectivity index (χ3n) is 8.70. The van der Waals surface area contributed by atoms with Gasteiger partial charge in [-0.2, -0.15) is 0 Å². The van der Waals surface area contributed by atoms with Gasteiger partial charge in [0.05, 0.1) is 46.2 Å². The number of Topliss-reactive ketones (excluding diaryl/α,β-unsaturated/α-hetero) is 8. The number of rotatable bonds is 32. The zero-order valence-electron chi connectivity index (χ0n) is 43.3. The third-order valence-corrected chi connectivity index (χ3v) is 8.70. The summed E-state index contributed by atoms with van der Waals surface area (Å²) in [4.78, 5) is 82.5. The second-order valence-corrected chi connectivity index (χ2v) is 15.2. The minimum Gasteiger partial charge on any atom is -0.394 e. The second-order valence-electron chi connectivity index (χ2n) is 15.2. The van der Waals surface area contributed by atoms with E-state index in [-0.39, 0.29) is 0 Å². The van der Waals surface area contributed by atoms with Gasteiger partial charge >= 0.3 is 0 Å². The Kier molecular flexibility index (Phi) is 66.2. The minimum absolute atomic E-state index is 0.626. The normalized spacial score (nSPS) is 16.8. The largest absolute Gasteiger partial charge is 0.394 e. The molecule has 0 rings (SSSR count). The summed E-state index contributed by atoms with van der Waals surface area (Å²) in [6.07, 6.45) is -30.5. The van der Waals surface area contributed by atoms with Crippen molar-refractivity contribution in [1.29, 1.82) is 0 Å². The molecule has 0 aromatic heterocycles. The van der Waals surface area contributed by atoms with E-state index in [1.807, 2.05) is 0 Å². The molecule has 0 amide bonds. The Labute approximate surface area is 462 Å². The van der Waals surface area contributed by atoms with Gasteiger partial charge in [-0.25, -0.2) is 0 Å². The van der Waals surface area contributed by atoms with Gasteiger partial charge in [0.2, 0.25) is 6.29 Å². The van der Waals surface area contributed by atoms with Gasteiger partial charge in [0, 0.05) is 0 Å². The van der Waals surface area contributed by atoms with E-state index in [1.54, 1.807) is 0 Å². The summed E-state index contributed by atoms with van der Waals surface area (Å²) in [6, 6.07) is 0. The van der Waals surface area contributed by atoms with Gasteiger partial charge < -0.3 is 169 Å². The molecule has 0 heterocycles. The van der Waals surface area contributed by atoms with Crippen LogP contribution in [0.5, 0.6) is 0 Å². The van der Waals surface area contributed by atoms with E-state index in [0.717, 1.165) is 6.92 Å². The molecule has 0 spiro atoms. The van der Waals surface area contributed by atoms with Crippen LogP contribution in [0.15, 0.2) is 0 Å².